The lowest BCUT2D eigenvalue weighted by Gasteiger charge is -2.18. The van der Waals surface area contributed by atoms with Gasteiger partial charge >= 0.3 is 17.9 Å². The normalized spacial score (nSPS) is 35.9. The summed E-state index contributed by atoms with van der Waals surface area (Å²) in [6.07, 6.45) is 2.38. The maximum atomic E-state index is 11.8. The molecule has 0 amide bonds. The van der Waals surface area contributed by atoms with Gasteiger partial charge in [0.25, 0.3) is 0 Å². The van der Waals surface area contributed by atoms with Crippen LogP contribution in [0.15, 0.2) is 36.5 Å². The molecule has 0 aromatic rings. The zero-order valence-corrected chi connectivity index (χ0v) is 14.9. The molecule has 0 saturated carbocycles. The lowest BCUT2D eigenvalue weighted by Crippen LogP contribution is -2.29. The average Bonchev–Trinajstić information content (AvgIpc) is 2.54. The van der Waals surface area contributed by atoms with Gasteiger partial charge in [-0.25, -0.2) is 9.59 Å². The number of hydrogen-bond donors (Lipinski definition) is 2. The first-order valence-corrected chi connectivity index (χ1v) is 8.19. The van der Waals surface area contributed by atoms with Crippen molar-refractivity contribution in [3.05, 3.63) is 36.5 Å². The largest absolute Gasteiger partial charge is 0.459 e. The van der Waals surface area contributed by atoms with Crippen molar-refractivity contribution in [3.8, 4) is 0 Å². The Labute approximate surface area is 151 Å². The minimum Gasteiger partial charge on any atom is -0.459 e. The molecule has 0 fully saturated rings. The standard InChI is InChI=1S/C18H24O8/c1-11-10-18(23)26-12(2)14(19)6-4-5-7-16(21)25-13(3)15(20)8-9-17(22)24-11/h4-9,11-15,19-20H,10H2,1-3H3/b6-4+,7-5+,9-8+/t11-,12-,13-,14+,15+/m0/s1. The third-order valence-corrected chi connectivity index (χ3v) is 3.43. The summed E-state index contributed by atoms with van der Waals surface area (Å²) in [5.41, 5.74) is 0. The van der Waals surface area contributed by atoms with Crippen LogP contribution < -0.4 is 0 Å². The van der Waals surface area contributed by atoms with Crippen molar-refractivity contribution in [2.45, 2.75) is 57.7 Å². The Kier molecular flexibility index (Phi) is 8.74. The van der Waals surface area contributed by atoms with Gasteiger partial charge in [0, 0.05) is 12.2 Å². The maximum absolute atomic E-state index is 11.8. The molecule has 0 radical (unpaired) electrons. The van der Waals surface area contributed by atoms with Crippen molar-refractivity contribution < 1.29 is 38.8 Å². The van der Waals surface area contributed by atoms with Crippen molar-refractivity contribution in [2.75, 3.05) is 0 Å². The van der Waals surface area contributed by atoms with Crippen LogP contribution in [-0.2, 0) is 28.6 Å². The number of allylic oxidation sites excluding steroid dienone is 2. The third-order valence-electron chi connectivity index (χ3n) is 3.43. The minimum atomic E-state index is -1.21. The summed E-state index contributed by atoms with van der Waals surface area (Å²) in [6.45, 7) is 4.48. The number of rotatable bonds is 0. The smallest absolute Gasteiger partial charge is 0.331 e. The van der Waals surface area contributed by atoms with E-state index in [-0.39, 0.29) is 6.42 Å². The van der Waals surface area contributed by atoms with Crippen molar-refractivity contribution in [3.63, 3.8) is 0 Å². The van der Waals surface area contributed by atoms with Crippen LogP contribution in [-0.4, -0.2) is 58.6 Å². The van der Waals surface area contributed by atoms with Crippen LogP contribution in [0.5, 0.6) is 0 Å². The SMILES string of the molecule is C[C@@H]1OC(=O)/C=C/C=C/[C@@H](O)[C@H](C)OC(=O)C[C@H](C)OC(=O)/C=C/[C@H]1O. The van der Waals surface area contributed by atoms with Crippen LogP contribution in [0.4, 0.5) is 0 Å². The molecule has 0 aromatic carbocycles. The minimum absolute atomic E-state index is 0.184. The van der Waals surface area contributed by atoms with Gasteiger partial charge in [-0.2, -0.15) is 0 Å². The molecular weight excluding hydrogens is 344 g/mol. The fourth-order valence-corrected chi connectivity index (χ4v) is 1.93. The molecule has 2 N–H and O–H groups in total. The molecule has 1 aliphatic heterocycles. The van der Waals surface area contributed by atoms with E-state index in [0.29, 0.717) is 0 Å². The number of aliphatic hydroxyl groups excluding tert-OH is 2. The Morgan fingerprint density at radius 1 is 0.808 bits per heavy atom. The van der Waals surface area contributed by atoms with E-state index in [9.17, 15) is 24.6 Å². The van der Waals surface area contributed by atoms with Crippen molar-refractivity contribution in [1.82, 2.24) is 0 Å². The predicted molar refractivity (Wildman–Crippen MR) is 90.7 cm³/mol. The van der Waals surface area contributed by atoms with E-state index in [2.05, 4.69) is 0 Å². The topological polar surface area (TPSA) is 119 Å². The molecule has 5 atom stereocenters. The van der Waals surface area contributed by atoms with Gasteiger partial charge in [-0.05, 0) is 26.8 Å². The first-order chi connectivity index (χ1) is 12.2. The molecule has 0 unspecified atom stereocenters. The summed E-state index contributed by atoms with van der Waals surface area (Å²) >= 11 is 0. The summed E-state index contributed by atoms with van der Waals surface area (Å²) in [7, 11) is 0. The molecule has 0 saturated heterocycles. The van der Waals surface area contributed by atoms with Gasteiger partial charge in [0.15, 0.2) is 0 Å². The van der Waals surface area contributed by atoms with Crippen molar-refractivity contribution >= 4 is 17.9 Å². The van der Waals surface area contributed by atoms with Gasteiger partial charge in [-0.3, -0.25) is 4.79 Å². The van der Waals surface area contributed by atoms with Gasteiger partial charge in [0.05, 0.1) is 6.42 Å². The Morgan fingerprint density at radius 2 is 1.38 bits per heavy atom. The Hall–Kier alpha value is -2.45. The first kappa shape index (κ1) is 21.6. The van der Waals surface area contributed by atoms with E-state index in [1.165, 1.54) is 39.0 Å². The molecule has 0 spiro atoms. The van der Waals surface area contributed by atoms with Gasteiger partial charge in [0.1, 0.15) is 30.5 Å². The Bertz CT molecular complexity index is 592. The molecule has 0 aromatic heterocycles. The highest BCUT2D eigenvalue weighted by Crippen LogP contribution is 2.08. The molecule has 26 heavy (non-hydrogen) atoms. The number of carbonyl (C=O) groups is 3. The Balaban J connectivity index is 2.91. The lowest BCUT2D eigenvalue weighted by molar-refractivity contribution is -0.157. The van der Waals surface area contributed by atoms with E-state index >= 15 is 0 Å². The molecule has 1 aliphatic rings. The van der Waals surface area contributed by atoms with Gasteiger partial charge < -0.3 is 24.4 Å². The van der Waals surface area contributed by atoms with E-state index in [4.69, 9.17) is 14.2 Å². The molecule has 0 aliphatic carbocycles. The average molecular weight is 368 g/mol. The summed E-state index contributed by atoms with van der Waals surface area (Å²) in [5.74, 6) is -2.11. The van der Waals surface area contributed by atoms with E-state index in [1.807, 2.05) is 0 Å². The summed E-state index contributed by atoms with van der Waals surface area (Å²) < 4.78 is 15.0. The second kappa shape index (κ2) is 10.5. The zero-order chi connectivity index (χ0) is 19.7. The Morgan fingerprint density at radius 3 is 2.08 bits per heavy atom. The maximum Gasteiger partial charge on any atom is 0.331 e. The van der Waals surface area contributed by atoms with Crippen LogP contribution in [0.2, 0.25) is 0 Å². The van der Waals surface area contributed by atoms with Crippen LogP contribution in [0.25, 0.3) is 0 Å². The van der Waals surface area contributed by atoms with Crippen molar-refractivity contribution in [2.24, 2.45) is 0 Å². The van der Waals surface area contributed by atoms with Gasteiger partial charge in [0.2, 0.25) is 0 Å². The lowest BCUT2D eigenvalue weighted by atomic mass is 10.2. The fourth-order valence-electron chi connectivity index (χ4n) is 1.93. The summed E-state index contributed by atoms with van der Waals surface area (Å²) in [5, 5.41) is 19.8. The highest BCUT2D eigenvalue weighted by molar-refractivity contribution is 5.83. The van der Waals surface area contributed by atoms with Crippen LogP contribution in [0, 0.1) is 0 Å². The predicted octanol–water partition coefficient (Wildman–Crippen LogP) is 0.576. The zero-order valence-electron chi connectivity index (χ0n) is 14.9. The van der Waals surface area contributed by atoms with Gasteiger partial charge in [-0.15, -0.1) is 0 Å². The molecule has 1 heterocycles. The van der Waals surface area contributed by atoms with E-state index in [1.54, 1.807) is 0 Å². The number of carbonyl (C=O) groups excluding carboxylic acids is 3. The van der Waals surface area contributed by atoms with E-state index in [0.717, 1.165) is 18.2 Å². The number of aliphatic hydroxyl groups is 2. The van der Waals surface area contributed by atoms with Crippen LogP contribution in [0.3, 0.4) is 0 Å². The molecular formula is C18H24O8. The third kappa shape index (κ3) is 8.09. The number of hydrogen-bond acceptors (Lipinski definition) is 8. The molecule has 8 nitrogen and oxygen atoms in total. The van der Waals surface area contributed by atoms with E-state index < -0.39 is 48.4 Å². The monoisotopic (exact) mass is 368 g/mol. The number of cyclic esters (lactones) is 3. The summed E-state index contributed by atoms with van der Waals surface area (Å²) in [4.78, 5) is 35.1. The van der Waals surface area contributed by atoms with Crippen molar-refractivity contribution in [1.29, 1.82) is 0 Å². The molecule has 1 rings (SSSR count). The second-order valence-corrected chi connectivity index (χ2v) is 5.87. The number of ether oxygens (including phenoxy) is 3. The van der Waals surface area contributed by atoms with Crippen LogP contribution >= 0.6 is 0 Å². The highest BCUT2D eigenvalue weighted by atomic mass is 16.6. The number of esters is 3. The van der Waals surface area contributed by atoms with Gasteiger partial charge in [-0.1, -0.05) is 18.2 Å². The van der Waals surface area contributed by atoms with Crippen LogP contribution in [0.1, 0.15) is 27.2 Å². The molecule has 144 valence electrons. The quantitative estimate of drug-likeness (QED) is 0.471. The highest BCUT2D eigenvalue weighted by Gasteiger charge is 2.20. The fraction of sp³-hybridized carbons (Fsp3) is 0.500. The molecule has 8 heteroatoms. The summed E-state index contributed by atoms with van der Waals surface area (Å²) in [6, 6.07) is 0. The first-order valence-electron chi connectivity index (χ1n) is 8.19. The second-order valence-electron chi connectivity index (χ2n) is 5.87. The molecule has 0 bridgehead atoms.